The van der Waals surface area contributed by atoms with Crippen LogP contribution < -0.4 is 10.1 Å². The summed E-state index contributed by atoms with van der Waals surface area (Å²) in [7, 11) is 3.19. The minimum Gasteiger partial charge on any atom is -0.497 e. The molecule has 1 N–H and O–H groups in total. The van der Waals surface area contributed by atoms with E-state index in [2.05, 4.69) is 35.3 Å². The Bertz CT molecular complexity index is 898. The number of carbonyl (C=O) groups excluding carboxylic acids is 1. The lowest BCUT2D eigenvalue weighted by Gasteiger charge is -2.60. The van der Waals surface area contributed by atoms with E-state index in [1.807, 2.05) is 6.07 Å². The first-order chi connectivity index (χ1) is 13.1. The number of hydrogen-bond acceptors (Lipinski definition) is 6. The second kappa shape index (κ2) is 4.86. The van der Waals surface area contributed by atoms with Crippen LogP contribution in [0.4, 0.5) is 5.69 Å². The van der Waals surface area contributed by atoms with Crippen molar-refractivity contribution in [3.63, 3.8) is 0 Å². The van der Waals surface area contributed by atoms with Crippen molar-refractivity contribution in [1.29, 1.82) is 0 Å². The van der Waals surface area contributed by atoms with Crippen LogP contribution in [0.5, 0.6) is 5.75 Å². The average Bonchev–Trinajstić information content (AvgIpc) is 3.29. The van der Waals surface area contributed by atoms with Gasteiger partial charge in [0.2, 0.25) is 0 Å². The molecule has 4 heterocycles. The first-order valence-electron chi connectivity index (χ1n) is 9.73. The third kappa shape index (κ3) is 1.53. The molecule has 6 heteroatoms. The van der Waals surface area contributed by atoms with Gasteiger partial charge in [-0.05, 0) is 43.0 Å². The van der Waals surface area contributed by atoms with Gasteiger partial charge in [0.25, 0.3) is 0 Å². The Morgan fingerprint density at radius 1 is 1.41 bits per heavy atom. The maximum Gasteiger partial charge on any atom is 0.310 e. The van der Waals surface area contributed by atoms with E-state index in [1.54, 1.807) is 7.11 Å². The number of methoxy groups -OCH3 is 2. The molecule has 1 saturated carbocycles. The van der Waals surface area contributed by atoms with Gasteiger partial charge in [-0.1, -0.05) is 11.6 Å². The third-order valence-electron chi connectivity index (χ3n) is 7.83. The molecule has 4 bridgehead atoms. The number of esters is 1. The molecular weight excluding hydrogens is 344 g/mol. The summed E-state index contributed by atoms with van der Waals surface area (Å²) < 4.78 is 17.6. The fourth-order valence-electron chi connectivity index (χ4n) is 6.90. The molecule has 5 aliphatic rings. The van der Waals surface area contributed by atoms with Crippen molar-refractivity contribution in [2.45, 2.75) is 43.2 Å². The molecule has 4 aliphatic heterocycles. The number of rotatable bonds is 2. The fraction of sp³-hybridized carbons (Fsp3) is 0.571. The van der Waals surface area contributed by atoms with Crippen LogP contribution >= 0.6 is 0 Å². The van der Waals surface area contributed by atoms with Crippen LogP contribution in [0, 0.1) is 11.8 Å². The minimum atomic E-state index is -0.555. The molecule has 6 nitrogen and oxygen atoms in total. The monoisotopic (exact) mass is 368 g/mol. The largest absolute Gasteiger partial charge is 0.497 e. The molecule has 1 spiro atoms. The molecule has 6 rings (SSSR count). The van der Waals surface area contributed by atoms with Crippen LogP contribution in [0.3, 0.4) is 0 Å². The van der Waals surface area contributed by atoms with E-state index in [1.165, 1.54) is 12.7 Å². The number of allylic oxidation sites excluding steroid dienone is 1. The quantitative estimate of drug-likeness (QED) is 0.638. The smallest absolute Gasteiger partial charge is 0.310 e. The Morgan fingerprint density at radius 2 is 2.26 bits per heavy atom. The molecule has 0 amide bonds. The predicted molar refractivity (Wildman–Crippen MR) is 98.4 cm³/mol. The summed E-state index contributed by atoms with van der Waals surface area (Å²) >= 11 is 0. The van der Waals surface area contributed by atoms with Gasteiger partial charge in [-0.3, -0.25) is 9.69 Å². The van der Waals surface area contributed by atoms with Crippen LogP contribution in [-0.2, 0) is 19.7 Å². The molecule has 1 unspecified atom stereocenters. The average molecular weight is 368 g/mol. The standard InChI is InChI=1S/C21H24N2O4/c1-4-11-10-23-16-8-13(11)18(19(24)26-3)20-9-17(23)27-21(16,20)22-15-6-5-12(25-2)7-14(15)20/h4-7,13,16-18,22H,8-10H2,1-3H3/b11-4+/t13-,16?,17-,18+,20-,21-/m0/s1. The number of piperidine rings is 2. The highest BCUT2D eigenvalue weighted by Crippen LogP contribution is 2.72. The van der Waals surface area contributed by atoms with Crippen LogP contribution in [0.25, 0.3) is 0 Å². The summed E-state index contributed by atoms with van der Waals surface area (Å²) in [6.45, 7) is 2.96. The summed E-state index contributed by atoms with van der Waals surface area (Å²) in [6, 6.07) is 6.39. The molecule has 1 aromatic carbocycles. The predicted octanol–water partition coefficient (Wildman–Crippen LogP) is 2.25. The minimum absolute atomic E-state index is 0.0326. The molecule has 142 valence electrons. The third-order valence-corrected chi connectivity index (χ3v) is 7.83. The first-order valence-corrected chi connectivity index (χ1v) is 9.73. The highest BCUT2D eigenvalue weighted by molar-refractivity contribution is 5.81. The van der Waals surface area contributed by atoms with Gasteiger partial charge < -0.3 is 19.5 Å². The van der Waals surface area contributed by atoms with E-state index < -0.39 is 11.1 Å². The lowest BCUT2D eigenvalue weighted by molar-refractivity contribution is -0.161. The Hall–Kier alpha value is -2.05. The van der Waals surface area contributed by atoms with Gasteiger partial charge >= 0.3 is 5.97 Å². The van der Waals surface area contributed by atoms with Gasteiger partial charge in [-0.15, -0.1) is 0 Å². The van der Waals surface area contributed by atoms with E-state index in [4.69, 9.17) is 14.2 Å². The zero-order valence-electron chi connectivity index (χ0n) is 15.8. The van der Waals surface area contributed by atoms with Gasteiger partial charge in [-0.2, -0.15) is 0 Å². The lowest BCUT2D eigenvalue weighted by Crippen LogP contribution is -2.73. The molecule has 3 saturated heterocycles. The molecule has 4 fully saturated rings. The highest BCUT2D eigenvalue weighted by Gasteiger charge is 2.82. The van der Waals surface area contributed by atoms with Crippen LogP contribution in [-0.4, -0.2) is 49.6 Å². The van der Waals surface area contributed by atoms with Gasteiger partial charge in [0.15, 0.2) is 5.72 Å². The van der Waals surface area contributed by atoms with E-state index in [0.717, 1.165) is 36.4 Å². The number of hydrogen-bond donors (Lipinski definition) is 1. The fourth-order valence-corrected chi connectivity index (χ4v) is 6.90. The maximum atomic E-state index is 13.2. The SMILES string of the molecule is C/C=C1\CN2C3C[C@@H]1[C@H](C(=O)OC)[C@@]14C[C@@H]2O[C@@]31Nc1ccc(OC)cc14. The number of anilines is 1. The zero-order valence-corrected chi connectivity index (χ0v) is 15.8. The number of nitrogens with zero attached hydrogens (tertiary/aromatic N) is 1. The van der Waals surface area contributed by atoms with Crippen LogP contribution in [0.1, 0.15) is 25.3 Å². The van der Waals surface area contributed by atoms with E-state index >= 15 is 0 Å². The molecule has 0 aromatic heterocycles. The second-order valence-corrected chi connectivity index (χ2v) is 8.41. The van der Waals surface area contributed by atoms with Crippen molar-refractivity contribution in [1.82, 2.24) is 4.90 Å². The summed E-state index contributed by atoms with van der Waals surface area (Å²) in [5.74, 6) is 0.628. The summed E-state index contributed by atoms with van der Waals surface area (Å²) in [4.78, 5) is 15.7. The molecule has 1 aromatic rings. The number of carbonyl (C=O) groups is 1. The van der Waals surface area contributed by atoms with E-state index in [-0.39, 0.29) is 30.1 Å². The van der Waals surface area contributed by atoms with E-state index in [9.17, 15) is 4.79 Å². The van der Waals surface area contributed by atoms with Gasteiger partial charge in [0, 0.05) is 18.7 Å². The Kier molecular flexibility index (Phi) is 2.87. The van der Waals surface area contributed by atoms with Gasteiger partial charge in [-0.25, -0.2) is 0 Å². The Balaban J connectivity index is 1.65. The summed E-state index contributed by atoms with van der Waals surface area (Å²) in [5, 5.41) is 3.73. The van der Waals surface area contributed by atoms with Crippen molar-refractivity contribution in [3.8, 4) is 5.75 Å². The van der Waals surface area contributed by atoms with Crippen LogP contribution in [0.15, 0.2) is 29.8 Å². The molecule has 27 heavy (non-hydrogen) atoms. The van der Waals surface area contributed by atoms with Gasteiger partial charge in [0.05, 0.1) is 31.6 Å². The van der Waals surface area contributed by atoms with Crippen molar-refractivity contribution in [2.75, 3.05) is 26.1 Å². The van der Waals surface area contributed by atoms with Crippen molar-refractivity contribution >= 4 is 11.7 Å². The first kappa shape index (κ1) is 16.0. The number of fused-ring (bicyclic) bond motifs is 4. The summed E-state index contributed by atoms with van der Waals surface area (Å²) in [5.41, 5.74) is 2.56. The van der Waals surface area contributed by atoms with Crippen molar-refractivity contribution in [3.05, 3.63) is 35.4 Å². The number of ether oxygens (including phenoxy) is 3. The van der Waals surface area contributed by atoms with Crippen LogP contribution in [0.2, 0.25) is 0 Å². The van der Waals surface area contributed by atoms with E-state index in [0.29, 0.717) is 0 Å². The topological polar surface area (TPSA) is 60.0 Å². The Labute approximate surface area is 158 Å². The van der Waals surface area contributed by atoms with Crippen molar-refractivity contribution < 1.29 is 19.0 Å². The number of nitrogens with one attached hydrogen (secondary N) is 1. The zero-order chi connectivity index (χ0) is 18.6. The molecule has 1 aliphatic carbocycles. The lowest BCUT2D eigenvalue weighted by atomic mass is 9.49. The van der Waals surface area contributed by atoms with Crippen molar-refractivity contribution in [2.24, 2.45) is 11.8 Å². The Morgan fingerprint density at radius 3 is 3.00 bits per heavy atom. The normalized spacial score (nSPS) is 44.2. The number of benzene rings is 1. The molecular formula is C21H24N2O4. The highest BCUT2D eigenvalue weighted by atomic mass is 16.6. The summed E-state index contributed by atoms with van der Waals surface area (Å²) in [6.07, 6.45) is 3.96. The van der Waals surface area contributed by atoms with Gasteiger partial charge in [0.1, 0.15) is 12.0 Å². The maximum absolute atomic E-state index is 13.2. The molecule has 6 atom stereocenters. The molecule has 0 radical (unpaired) electrons. The second-order valence-electron chi connectivity index (χ2n) is 8.41.